The highest BCUT2D eigenvalue weighted by atomic mass is 15.3. The lowest BCUT2D eigenvalue weighted by Gasteiger charge is -2.36. The molecule has 1 aromatic heterocycles. The van der Waals surface area contributed by atoms with Crippen LogP contribution in [-0.2, 0) is 26.1 Å². The third-order valence-corrected chi connectivity index (χ3v) is 4.39. The van der Waals surface area contributed by atoms with Gasteiger partial charge in [-0.05, 0) is 37.5 Å². The molecule has 1 aromatic carbocycles. The minimum Gasteiger partial charge on any atom is -0.329 e. The maximum Gasteiger partial charge on any atom is 0.0597 e. The Hall–Kier alpha value is -1.65. The van der Waals surface area contributed by atoms with Crippen LogP contribution in [0.15, 0.2) is 30.3 Å². The van der Waals surface area contributed by atoms with Gasteiger partial charge in [0.2, 0.25) is 0 Å². The number of rotatable bonds is 4. The number of fused-ring (bicyclic) bond motifs is 1. The standard InChI is InChI=1S/C17H24N4/c1-3-21-17(8-13(2)19-21)12-20-11-15-7-5-4-6-14(15)9-16(20)10-18/h4-8,16H,3,9-12,18H2,1-2H3. The monoisotopic (exact) mass is 284 g/mol. The number of hydrogen-bond acceptors (Lipinski definition) is 3. The van der Waals surface area contributed by atoms with Gasteiger partial charge in [0.05, 0.1) is 11.4 Å². The van der Waals surface area contributed by atoms with Gasteiger partial charge in [0, 0.05) is 32.2 Å². The summed E-state index contributed by atoms with van der Waals surface area (Å²) in [5.41, 5.74) is 11.3. The first-order chi connectivity index (χ1) is 10.2. The average Bonchev–Trinajstić information content (AvgIpc) is 2.86. The van der Waals surface area contributed by atoms with E-state index in [1.54, 1.807) is 0 Å². The summed E-state index contributed by atoms with van der Waals surface area (Å²) in [6.45, 7) is 7.72. The van der Waals surface area contributed by atoms with Crippen LogP contribution in [0.5, 0.6) is 0 Å². The molecule has 112 valence electrons. The minimum absolute atomic E-state index is 0.417. The predicted molar refractivity (Wildman–Crippen MR) is 84.9 cm³/mol. The zero-order valence-corrected chi connectivity index (χ0v) is 12.9. The normalized spacial score (nSPS) is 18.7. The van der Waals surface area contributed by atoms with Crippen LogP contribution < -0.4 is 5.73 Å². The van der Waals surface area contributed by atoms with Crippen molar-refractivity contribution < 1.29 is 0 Å². The molecule has 21 heavy (non-hydrogen) atoms. The number of hydrogen-bond donors (Lipinski definition) is 1. The number of nitrogens with two attached hydrogens (primary N) is 1. The van der Waals surface area contributed by atoms with E-state index in [4.69, 9.17) is 5.73 Å². The topological polar surface area (TPSA) is 47.1 Å². The zero-order valence-electron chi connectivity index (χ0n) is 12.9. The molecule has 0 saturated carbocycles. The molecule has 0 spiro atoms. The molecule has 0 saturated heterocycles. The van der Waals surface area contributed by atoms with Crippen LogP contribution in [0.2, 0.25) is 0 Å². The van der Waals surface area contributed by atoms with Crippen LogP contribution in [-0.4, -0.2) is 27.3 Å². The van der Waals surface area contributed by atoms with E-state index in [-0.39, 0.29) is 0 Å². The van der Waals surface area contributed by atoms with Crippen molar-refractivity contribution in [1.82, 2.24) is 14.7 Å². The molecule has 0 amide bonds. The summed E-state index contributed by atoms with van der Waals surface area (Å²) in [5.74, 6) is 0. The molecule has 0 fully saturated rings. The lowest BCUT2D eigenvalue weighted by atomic mass is 9.94. The molecule has 1 aliphatic rings. The average molecular weight is 284 g/mol. The van der Waals surface area contributed by atoms with Gasteiger partial charge in [0.1, 0.15) is 0 Å². The molecule has 0 aliphatic carbocycles. The summed E-state index contributed by atoms with van der Waals surface area (Å²) in [5, 5.41) is 4.55. The fourth-order valence-electron chi connectivity index (χ4n) is 3.27. The van der Waals surface area contributed by atoms with Gasteiger partial charge in [-0.15, -0.1) is 0 Å². The Kier molecular flexibility index (Phi) is 4.08. The minimum atomic E-state index is 0.417. The molecule has 1 unspecified atom stereocenters. The Morgan fingerprint density at radius 2 is 2.05 bits per heavy atom. The van der Waals surface area contributed by atoms with Crippen molar-refractivity contribution in [1.29, 1.82) is 0 Å². The molecule has 4 heteroatoms. The number of benzene rings is 1. The van der Waals surface area contributed by atoms with E-state index in [1.807, 2.05) is 0 Å². The van der Waals surface area contributed by atoms with Crippen molar-refractivity contribution in [2.75, 3.05) is 6.54 Å². The van der Waals surface area contributed by atoms with Gasteiger partial charge in [-0.3, -0.25) is 9.58 Å². The quantitative estimate of drug-likeness (QED) is 0.935. The molecule has 3 rings (SSSR count). The van der Waals surface area contributed by atoms with Gasteiger partial charge >= 0.3 is 0 Å². The van der Waals surface area contributed by atoms with E-state index in [0.717, 1.165) is 31.7 Å². The van der Waals surface area contributed by atoms with Crippen LogP contribution in [0, 0.1) is 6.92 Å². The summed E-state index contributed by atoms with van der Waals surface area (Å²) >= 11 is 0. The van der Waals surface area contributed by atoms with Crippen LogP contribution in [0.4, 0.5) is 0 Å². The van der Waals surface area contributed by atoms with Crippen molar-refractivity contribution in [3.05, 3.63) is 52.8 Å². The van der Waals surface area contributed by atoms with Gasteiger partial charge in [0.15, 0.2) is 0 Å². The van der Waals surface area contributed by atoms with E-state index in [2.05, 4.69) is 58.9 Å². The fourth-order valence-corrected chi connectivity index (χ4v) is 3.27. The molecular weight excluding hydrogens is 260 g/mol. The van der Waals surface area contributed by atoms with E-state index in [1.165, 1.54) is 16.8 Å². The number of nitrogens with zero attached hydrogens (tertiary/aromatic N) is 3. The SMILES string of the molecule is CCn1nc(C)cc1CN1Cc2ccccc2CC1CN. The molecule has 4 nitrogen and oxygen atoms in total. The molecule has 0 radical (unpaired) electrons. The lowest BCUT2D eigenvalue weighted by molar-refractivity contribution is 0.162. The van der Waals surface area contributed by atoms with E-state index in [9.17, 15) is 0 Å². The second-order valence-electron chi connectivity index (χ2n) is 5.86. The Morgan fingerprint density at radius 3 is 2.76 bits per heavy atom. The molecule has 2 heterocycles. The lowest BCUT2D eigenvalue weighted by Crippen LogP contribution is -2.44. The highest BCUT2D eigenvalue weighted by Gasteiger charge is 2.25. The van der Waals surface area contributed by atoms with Crippen LogP contribution in [0.3, 0.4) is 0 Å². The fraction of sp³-hybridized carbons (Fsp3) is 0.471. The third kappa shape index (κ3) is 2.87. The largest absolute Gasteiger partial charge is 0.329 e. The summed E-state index contributed by atoms with van der Waals surface area (Å²) in [7, 11) is 0. The van der Waals surface area contributed by atoms with Crippen molar-refractivity contribution in [2.24, 2.45) is 5.73 Å². The van der Waals surface area contributed by atoms with Crippen molar-refractivity contribution in [3.8, 4) is 0 Å². The summed E-state index contributed by atoms with van der Waals surface area (Å²) in [6.07, 6.45) is 1.05. The van der Waals surface area contributed by atoms with Gasteiger partial charge in [-0.2, -0.15) is 5.10 Å². The highest BCUT2D eigenvalue weighted by molar-refractivity contribution is 5.30. The van der Waals surface area contributed by atoms with Gasteiger partial charge in [0.25, 0.3) is 0 Å². The molecule has 2 aromatic rings. The van der Waals surface area contributed by atoms with E-state index < -0.39 is 0 Å². The highest BCUT2D eigenvalue weighted by Crippen LogP contribution is 2.24. The Morgan fingerprint density at radius 1 is 1.29 bits per heavy atom. The summed E-state index contributed by atoms with van der Waals surface area (Å²) in [4.78, 5) is 2.49. The Labute approximate surface area is 126 Å². The molecule has 0 bridgehead atoms. The van der Waals surface area contributed by atoms with Gasteiger partial charge in [-0.25, -0.2) is 0 Å². The maximum absolute atomic E-state index is 6.02. The second-order valence-corrected chi connectivity index (χ2v) is 5.86. The van der Waals surface area contributed by atoms with Gasteiger partial charge in [-0.1, -0.05) is 24.3 Å². The first-order valence-corrected chi connectivity index (χ1v) is 7.75. The van der Waals surface area contributed by atoms with Crippen molar-refractivity contribution in [2.45, 2.75) is 45.9 Å². The van der Waals surface area contributed by atoms with Crippen LogP contribution >= 0.6 is 0 Å². The molecule has 1 atom stereocenters. The number of aromatic nitrogens is 2. The van der Waals surface area contributed by atoms with Crippen molar-refractivity contribution >= 4 is 0 Å². The Bertz CT molecular complexity index is 617. The van der Waals surface area contributed by atoms with Crippen molar-refractivity contribution in [3.63, 3.8) is 0 Å². The smallest absolute Gasteiger partial charge is 0.0597 e. The van der Waals surface area contributed by atoms with Crippen LogP contribution in [0.1, 0.15) is 29.4 Å². The maximum atomic E-state index is 6.02. The van der Waals surface area contributed by atoms with E-state index in [0.29, 0.717) is 12.6 Å². The van der Waals surface area contributed by atoms with Gasteiger partial charge < -0.3 is 5.73 Å². The van der Waals surface area contributed by atoms with Crippen LogP contribution in [0.25, 0.3) is 0 Å². The predicted octanol–water partition coefficient (Wildman–Crippen LogP) is 2.10. The molecular formula is C17H24N4. The first-order valence-electron chi connectivity index (χ1n) is 7.75. The number of aryl methyl sites for hydroxylation is 2. The first kappa shape index (κ1) is 14.3. The zero-order chi connectivity index (χ0) is 14.8. The summed E-state index contributed by atoms with van der Waals surface area (Å²) in [6, 6.07) is 11.3. The second kappa shape index (κ2) is 6.00. The Balaban J connectivity index is 1.84. The summed E-state index contributed by atoms with van der Waals surface area (Å²) < 4.78 is 2.10. The molecule has 1 aliphatic heterocycles. The molecule has 2 N–H and O–H groups in total. The third-order valence-electron chi connectivity index (χ3n) is 4.39. The van der Waals surface area contributed by atoms with E-state index >= 15 is 0 Å².